The second-order valence-electron chi connectivity index (χ2n) is 10.9. The Morgan fingerprint density at radius 3 is 2.36 bits per heavy atom. The average molecular weight is 343 g/mol. The molecule has 0 aromatic heterocycles. The first-order chi connectivity index (χ1) is 11.9. The van der Waals surface area contributed by atoms with Crippen molar-refractivity contribution < 1.29 is 5.11 Å². The summed E-state index contributed by atoms with van der Waals surface area (Å²) in [6.45, 7) is 11.5. The summed E-state index contributed by atoms with van der Waals surface area (Å²) < 4.78 is 0. The van der Waals surface area contributed by atoms with Gasteiger partial charge in [-0.3, -0.25) is 0 Å². The molecular formula is C24H38O. The fraction of sp³-hybridized carbons (Fsp3) is 0.917. The van der Waals surface area contributed by atoms with Gasteiger partial charge in [0.1, 0.15) is 0 Å². The Morgan fingerprint density at radius 2 is 1.64 bits per heavy atom. The van der Waals surface area contributed by atoms with E-state index in [9.17, 15) is 5.11 Å². The number of aliphatic hydroxyl groups is 1. The minimum atomic E-state index is -0.246. The van der Waals surface area contributed by atoms with E-state index in [1.165, 1.54) is 56.9 Å². The summed E-state index contributed by atoms with van der Waals surface area (Å²) in [5.41, 5.74) is 1.74. The van der Waals surface area contributed by atoms with Crippen molar-refractivity contribution in [1.29, 1.82) is 0 Å². The van der Waals surface area contributed by atoms with Gasteiger partial charge in [0.05, 0.1) is 5.60 Å². The number of allylic oxidation sites excluding steroid dienone is 1. The molecule has 0 saturated heterocycles. The largest absolute Gasteiger partial charge is 0.389 e. The van der Waals surface area contributed by atoms with E-state index in [2.05, 4.69) is 27.4 Å². The minimum Gasteiger partial charge on any atom is -0.389 e. The minimum absolute atomic E-state index is 0.246. The Labute approximate surface area is 154 Å². The van der Waals surface area contributed by atoms with Gasteiger partial charge in [-0.05, 0) is 111 Å². The van der Waals surface area contributed by atoms with Gasteiger partial charge in [-0.15, -0.1) is 0 Å². The van der Waals surface area contributed by atoms with E-state index < -0.39 is 0 Å². The monoisotopic (exact) mass is 342 g/mol. The molecule has 5 aliphatic rings. The lowest BCUT2D eigenvalue weighted by Gasteiger charge is -2.56. The molecule has 140 valence electrons. The summed E-state index contributed by atoms with van der Waals surface area (Å²) in [6.07, 6.45) is 12.2. The molecular weight excluding hydrogens is 304 g/mol. The van der Waals surface area contributed by atoms with Gasteiger partial charge in [0.15, 0.2) is 0 Å². The molecule has 1 nitrogen and oxygen atoms in total. The van der Waals surface area contributed by atoms with E-state index >= 15 is 0 Å². The van der Waals surface area contributed by atoms with Crippen LogP contribution in [-0.2, 0) is 0 Å². The molecule has 0 spiro atoms. The van der Waals surface area contributed by atoms with Crippen LogP contribution in [0.3, 0.4) is 0 Å². The Kier molecular flexibility index (Phi) is 3.62. The Bertz CT molecular complexity index is 581. The summed E-state index contributed by atoms with van der Waals surface area (Å²) in [5.74, 6) is 6.78. The van der Waals surface area contributed by atoms with Crippen LogP contribution in [0.1, 0.15) is 78.6 Å². The first kappa shape index (κ1) is 16.8. The van der Waals surface area contributed by atoms with Gasteiger partial charge in [0.25, 0.3) is 0 Å². The number of hydrogen-bond acceptors (Lipinski definition) is 1. The van der Waals surface area contributed by atoms with Crippen LogP contribution in [0, 0.1) is 52.8 Å². The molecule has 1 N–H and O–H groups in total. The third-order valence-corrected chi connectivity index (χ3v) is 10.3. The van der Waals surface area contributed by atoms with E-state index in [4.69, 9.17) is 0 Å². The van der Waals surface area contributed by atoms with Crippen LogP contribution in [0.25, 0.3) is 0 Å². The normalized spacial score (nSPS) is 59.4. The lowest BCUT2D eigenvalue weighted by Crippen LogP contribution is -2.49. The van der Waals surface area contributed by atoms with Crippen molar-refractivity contribution in [3.8, 4) is 0 Å². The molecule has 25 heavy (non-hydrogen) atoms. The van der Waals surface area contributed by atoms with Crippen molar-refractivity contribution in [3.05, 3.63) is 12.2 Å². The maximum atomic E-state index is 11.0. The van der Waals surface area contributed by atoms with Crippen LogP contribution in [-0.4, -0.2) is 10.7 Å². The summed E-state index contributed by atoms with van der Waals surface area (Å²) in [6, 6.07) is 0. The quantitative estimate of drug-likeness (QED) is 0.626. The zero-order valence-electron chi connectivity index (χ0n) is 16.6. The molecule has 0 amide bonds. The predicted octanol–water partition coefficient (Wildman–Crippen LogP) is 5.83. The van der Waals surface area contributed by atoms with Crippen LogP contribution in [0.2, 0.25) is 0 Å². The van der Waals surface area contributed by atoms with Crippen molar-refractivity contribution in [1.82, 2.24) is 0 Å². The van der Waals surface area contributed by atoms with Crippen LogP contribution < -0.4 is 0 Å². The zero-order chi connectivity index (χ0) is 17.6. The second-order valence-corrected chi connectivity index (χ2v) is 10.9. The Hall–Kier alpha value is -0.300. The van der Waals surface area contributed by atoms with Crippen molar-refractivity contribution in [3.63, 3.8) is 0 Å². The molecule has 0 aliphatic heterocycles. The fourth-order valence-electron chi connectivity index (χ4n) is 9.43. The zero-order valence-corrected chi connectivity index (χ0v) is 16.6. The van der Waals surface area contributed by atoms with Crippen molar-refractivity contribution in [2.75, 3.05) is 0 Å². The highest BCUT2D eigenvalue weighted by molar-refractivity contribution is 5.20. The number of fused-ring (bicyclic) bond motifs is 7. The second kappa shape index (κ2) is 5.37. The first-order valence-electron chi connectivity index (χ1n) is 11.3. The van der Waals surface area contributed by atoms with Gasteiger partial charge in [0, 0.05) is 0 Å². The van der Waals surface area contributed by atoms with Crippen molar-refractivity contribution in [2.24, 2.45) is 52.8 Å². The molecule has 0 heterocycles. The molecule has 10 atom stereocenters. The summed E-state index contributed by atoms with van der Waals surface area (Å²) in [4.78, 5) is 0. The van der Waals surface area contributed by atoms with Gasteiger partial charge in [-0.2, -0.15) is 0 Å². The smallest absolute Gasteiger partial charge is 0.0714 e. The van der Waals surface area contributed by atoms with E-state index in [1.54, 1.807) is 0 Å². The van der Waals surface area contributed by atoms with Gasteiger partial charge in [0.2, 0.25) is 0 Å². The van der Waals surface area contributed by atoms with E-state index in [1.807, 2.05) is 0 Å². The lowest BCUT2D eigenvalue weighted by molar-refractivity contribution is -0.0765. The number of rotatable bonds is 2. The molecule has 5 aliphatic carbocycles. The highest BCUT2D eigenvalue weighted by Gasteiger charge is 2.70. The Balaban J connectivity index is 1.39. The highest BCUT2D eigenvalue weighted by atomic mass is 16.3. The average Bonchev–Trinajstić information content (AvgIpc) is 3.04. The molecule has 1 heteroatoms. The van der Waals surface area contributed by atoms with Crippen LogP contribution in [0.15, 0.2) is 12.2 Å². The van der Waals surface area contributed by atoms with Gasteiger partial charge in [-0.25, -0.2) is 0 Å². The molecule has 5 fully saturated rings. The molecule has 0 radical (unpaired) electrons. The first-order valence-corrected chi connectivity index (χ1v) is 11.3. The molecule has 0 bridgehead atoms. The fourth-order valence-corrected chi connectivity index (χ4v) is 9.43. The van der Waals surface area contributed by atoms with Gasteiger partial charge in [-0.1, -0.05) is 32.4 Å². The van der Waals surface area contributed by atoms with E-state index in [-0.39, 0.29) is 5.60 Å². The topological polar surface area (TPSA) is 20.2 Å². The molecule has 2 unspecified atom stereocenters. The number of hydrogen-bond donors (Lipinski definition) is 1. The molecule has 5 saturated carbocycles. The maximum absolute atomic E-state index is 11.0. The summed E-state index contributed by atoms with van der Waals surface area (Å²) >= 11 is 0. The Morgan fingerprint density at radius 1 is 0.960 bits per heavy atom. The summed E-state index contributed by atoms with van der Waals surface area (Å²) in [5, 5.41) is 11.0. The van der Waals surface area contributed by atoms with Gasteiger partial charge < -0.3 is 5.11 Å². The third-order valence-electron chi connectivity index (χ3n) is 10.3. The third kappa shape index (κ3) is 2.05. The maximum Gasteiger partial charge on any atom is 0.0714 e. The van der Waals surface area contributed by atoms with Crippen LogP contribution in [0.5, 0.6) is 0 Å². The molecule has 5 rings (SSSR count). The van der Waals surface area contributed by atoms with Crippen LogP contribution in [0.4, 0.5) is 0 Å². The van der Waals surface area contributed by atoms with Crippen molar-refractivity contribution >= 4 is 0 Å². The SMILES string of the molecule is C=C(C)[C@H]1CC[C@H]2[C@@H]3CC[C@@H]4C5C(CC)[C@@]5(O)CC[C@@H]4[C@H]3CC[C@]12C. The van der Waals surface area contributed by atoms with E-state index in [0.717, 1.165) is 41.9 Å². The van der Waals surface area contributed by atoms with Crippen molar-refractivity contribution in [2.45, 2.75) is 84.2 Å². The highest BCUT2D eigenvalue weighted by Crippen LogP contribution is 2.71. The molecule has 0 aromatic carbocycles. The lowest BCUT2D eigenvalue weighted by atomic mass is 9.49. The van der Waals surface area contributed by atoms with E-state index in [0.29, 0.717) is 17.3 Å². The standard InChI is InChI=1S/C24H38O/c1-5-19-22-18-7-6-17-15(16(18)11-13-24(19,22)25)10-12-23(4)20(14(2)3)8-9-21(17)23/h15-22,25H,2,5-13H2,1,3-4H3/t15-,16-,17-,18+,19?,20-,21+,22?,23-,24+/m1/s1. The molecule has 0 aromatic rings. The summed E-state index contributed by atoms with van der Waals surface area (Å²) in [7, 11) is 0. The van der Waals surface area contributed by atoms with Crippen LogP contribution >= 0.6 is 0 Å². The predicted molar refractivity (Wildman–Crippen MR) is 103 cm³/mol. The van der Waals surface area contributed by atoms with Gasteiger partial charge >= 0.3 is 0 Å².